The highest BCUT2D eigenvalue weighted by atomic mass is 32.1. The van der Waals surface area contributed by atoms with E-state index in [0.717, 1.165) is 54.4 Å². The Morgan fingerprint density at radius 1 is 1.03 bits per heavy atom. The second-order valence-electron chi connectivity index (χ2n) is 7.51. The first-order valence-electron chi connectivity index (χ1n) is 10.1. The maximum Gasteiger partial charge on any atom is 0.173 e. The summed E-state index contributed by atoms with van der Waals surface area (Å²) >= 11 is 5.88. The van der Waals surface area contributed by atoms with Crippen LogP contribution in [-0.4, -0.2) is 62.4 Å². The minimum Gasteiger partial charge on any atom is -0.497 e. The lowest BCUT2D eigenvalue weighted by atomic mass is 10.0. The fourth-order valence-corrected chi connectivity index (χ4v) is 4.10. The van der Waals surface area contributed by atoms with E-state index < -0.39 is 0 Å². The van der Waals surface area contributed by atoms with Crippen LogP contribution in [0.25, 0.3) is 0 Å². The zero-order chi connectivity index (χ0) is 21.5. The van der Waals surface area contributed by atoms with Gasteiger partial charge in [-0.15, -0.1) is 0 Å². The number of para-hydroxylation sites is 1. The lowest BCUT2D eigenvalue weighted by molar-refractivity contribution is 0.173. The molecule has 0 spiro atoms. The molecule has 2 aromatic carbocycles. The van der Waals surface area contributed by atoms with Gasteiger partial charge in [0.25, 0.3) is 0 Å². The molecule has 3 rings (SSSR count). The van der Waals surface area contributed by atoms with Crippen molar-refractivity contribution in [3.05, 3.63) is 48.0 Å². The Hall–Kier alpha value is -2.51. The number of likely N-dealkylation sites (tertiary alicyclic amines) is 1. The van der Waals surface area contributed by atoms with Crippen LogP contribution in [0.2, 0.25) is 0 Å². The molecule has 1 N–H and O–H groups in total. The molecule has 162 valence electrons. The summed E-state index contributed by atoms with van der Waals surface area (Å²) in [7, 11) is 7.16. The number of rotatable bonds is 7. The van der Waals surface area contributed by atoms with E-state index in [4.69, 9.17) is 26.4 Å². The summed E-state index contributed by atoms with van der Waals surface area (Å²) in [5.41, 5.74) is 1.96. The molecule has 6 nitrogen and oxygen atoms in total. The maximum atomic E-state index is 5.88. The molecule has 0 aromatic heterocycles. The highest BCUT2D eigenvalue weighted by Crippen LogP contribution is 2.28. The minimum atomic E-state index is 0.360. The van der Waals surface area contributed by atoms with Gasteiger partial charge in [0.05, 0.1) is 21.3 Å². The van der Waals surface area contributed by atoms with Crippen molar-refractivity contribution in [3.8, 4) is 17.2 Å². The quantitative estimate of drug-likeness (QED) is 0.668. The van der Waals surface area contributed by atoms with Crippen molar-refractivity contribution < 1.29 is 14.2 Å². The Morgan fingerprint density at radius 3 is 2.27 bits per heavy atom. The van der Waals surface area contributed by atoms with E-state index in [1.807, 2.05) is 36.4 Å². The molecule has 0 atom stereocenters. The minimum absolute atomic E-state index is 0.360. The Labute approximate surface area is 184 Å². The third-order valence-electron chi connectivity index (χ3n) is 5.53. The average Bonchev–Trinajstić information content (AvgIpc) is 2.78. The van der Waals surface area contributed by atoms with Crippen molar-refractivity contribution in [1.82, 2.24) is 9.80 Å². The molecule has 1 aliphatic heterocycles. The van der Waals surface area contributed by atoms with Crippen molar-refractivity contribution in [2.75, 3.05) is 46.8 Å². The van der Waals surface area contributed by atoms with Crippen LogP contribution in [0.15, 0.2) is 42.5 Å². The number of ether oxygens (including phenoxy) is 3. The summed E-state index contributed by atoms with van der Waals surface area (Å²) in [5, 5.41) is 4.09. The molecule has 0 amide bonds. The van der Waals surface area contributed by atoms with Crippen LogP contribution in [0.1, 0.15) is 18.4 Å². The summed E-state index contributed by atoms with van der Waals surface area (Å²) in [4.78, 5) is 4.65. The van der Waals surface area contributed by atoms with Gasteiger partial charge < -0.3 is 29.3 Å². The van der Waals surface area contributed by atoms with E-state index in [1.54, 1.807) is 21.3 Å². The lowest BCUT2D eigenvalue weighted by Gasteiger charge is -2.39. The van der Waals surface area contributed by atoms with Gasteiger partial charge in [0.1, 0.15) is 17.2 Å². The van der Waals surface area contributed by atoms with Gasteiger partial charge in [0.15, 0.2) is 5.11 Å². The van der Waals surface area contributed by atoms with Crippen molar-refractivity contribution in [2.24, 2.45) is 0 Å². The summed E-state index contributed by atoms with van der Waals surface area (Å²) in [6, 6.07) is 14.2. The van der Waals surface area contributed by atoms with E-state index in [0.29, 0.717) is 17.7 Å². The van der Waals surface area contributed by atoms with Crippen molar-refractivity contribution in [3.63, 3.8) is 0 Å². The van der Waals surface area contributed by atoms with E-state index in [1.165, 1.54) is 0 Å². The van der Waals surface area contributed by atoms with Crippen molar-refractivity contribution in [1.29, 1.82) is 0 Å². The first kappa shape index (κ1) is 22.2. The Kier molecular flexibility index (Phi) is 7.76. The molecule has 0 radical (unpaired) electrons. The van der Waals surface area contributed by atoms with Gasteiger partial charge in [0, 0.05) is 42.0 Å². The van der Waals surface area contributed by atoms with Gasteiger partial charge >= 0.3 is 0 Å². The molecule has 1 fully saturated rings. The maximum absolute atomic E-state index is 5.88. The van der Waals surface area contributed by atoms with Crippen molar-refractivity contribution in [2.45, 2.75) is 25.4 Å². The number of hydrogen-bond donors (Lipinski definition) is 1. The van der Waals surface area contributed by atoms with Gasteiger partial charge in [-0.2, -0.15) is 0 Å². The van der Waals surface area contributed by atoms with Gasteiger partial charge in [-0.1, -0.05) is 18.2 Å². The number of methoxy groups -OCH3 is 3. The summed E-state index contributed by atoms with van der Waals surface area (Å²) in [6.45, 7) is 2.80. The SMILES string of the molecule is COc1cc(NC(=S)N(Cc2ccccc2OC)C2CCN(C)CC2)cc(OC)c1. The smallest absolute Gasteiger partial charge is 0.173 e. The molecule has 1 aliphatic rings. The van der Waals surface area contributed by atoms with Gasteiger partial charge in [-0.3, -0.25) is 0 Å². The van der Waals surface area contributed by atoms with Crippen LogP contribution < -0.4 is 19.5 Å². The standard InChI is InChI=1S/C23H31N3O3S/c1-25-11-9-19(10-12-25)26(16-17-7-5-6-8-22(17)29-4)23(30)24-18-13-20(27-2)15-21(14-18)28-3/h5-8,13-15,19H,9-12,16H2,1-4H3,(H,24,30). The van der Waals surface area contributed by atoms with Crippen LogP contribution in [-0.2, 0) is 6.54 Å². The summed E-state index contributed by atoms with van der Waals surface area (Å²) in [6.07, 6.45) is 2.13. The third-order valence-corrected chi connectivity index (χ3v) is 5.86. The fraction of sp³-hybridized carbons (Fsp3) is 0.435. The zero-order valence-electron chi connectivity index (χ0n) is 18.2. The number of hydrogen-bond acceptors (Lipinski definition) is 5. The third kappa shape index (κ3) is 5.55. The van der Waals surface area contributed by atoms with Crippen molar-refractivity contribution >= 4 is 23.0 Å². The van der Waals surface area contributed by atoms with E-state index in [-0.39, 0.29) is 0 Å². The van der Waals surface area contributed by atoms with Crippen LogP contribution >= 0.6 is 12.2 Å². The van der Waals surface area contributed by atoms with Crippen LogP contribution in [0.5, 0.6) is 17.2 Å². The number of thiocarbonyl (C=S) groups is 1. The number of nitrogens with one attached hydrogen (secondary N) is 1. The van der Waals surface area contributed by atoms with Gasteiger partial charge in [0.2, 0.25) is 0 Å². The Balaban J connectivity index is 1.84. The molecular weight excluding hydrogens is 398 g/mol. The molecule has 0 aliphatic carbocycles. The van der Waals surface area contributed by atoms with Crippen LogP contribution in [0.4, 0.5) is 5.69 Å². The Morgan fingerprint density at radius 2 is 1.67 bits per heavy atom. The molecule has 1 saturated heterocycles. The zero-order valence-corrected chi connectivity index (χ0v) is 19.0. The first-order valence-corrected chi connectivity index (χ1v) is 10.6. The van der Waals surface area contributed by atoms with E-state index in [2.05, 4.69) is 28.2 Å². The average molecular weight is 430 g/mol. The van der Waals surface area contributed by atoms with E-state index in [9.17, 15) is 0 Å². The van der Waals surface area contributed by atoms with Crippen LogP contribution in [0.3, 0.4) is 0 Å². The topological polar surface area (TPSA) is 46.2 Å². The largest absolute Gasteiger partial charge is 0.497 e. The van der Waals surface area contributed by atoms with Crippen LogP contribution in [0, 0.1) is 0 Å². The predicted molar refractivity (Wildman–Crippen MR) is 125 cm³/mol. The highest BCUT2D eigenvalue weighted by Gasteiger charge is 2.26. The molecule has 0 unspecified atom stereocenters. The summed E-state index contributed by atoms with van der Waals surface area (Å²) < 4.78 is 16.4. The molecule has 7 heteroatoms. The van der Waals surface area contributed by atoms with Gasteiger partial charge in [-0.25, -0.2) is 0 Å². The molecule has 1 heterocycles. The number of piperidine rings is 1. The van der Waals surface area contributed by atoms with E-state index >= 15 is 0 Å². The molecule has 2 aromatic rings. The molecule has 0 saturated carbocycles. The first-order chi connectivity index (χ1) is 14.5. The monoisotopic (exact) mass is 429 g/mol. The molecule has 30 heavy (non-hydrogen) atoms. The molecule has 0 bridgehead atoms. The number of nitrogens with zero attached hydrogens (tertiary/aromatic N) is 2. The normalized spacial score (nSPS) is 14.8. The Bertz CT molecular complexity index is 831. The number of benzene rings is 2. The summed E-state index contributed by atoms with van der Waals surface area (Å²) in [5.74, 6) is 2.31. The lowest BCUT2D eigenvalue weighted by Crippen LogP contribution is -2.47. The van der Waals surface area contributed by atoms with Gasteiger partial charge in [-0.05, 0) is 51.3 Å². The second-order valence-corrected chi connectivity index (χ2v) is 7.89. The predicted octanol–water partition coefficient (Wildman–Crippen LogP) is 4.01. The second kappa shape index (κ2) is 10.5. The molecular formula is C23H31N3O3S. The highest BCUT2D eigenvalue weighted by molar-refractivity contribution is 7.80. The number of anilines is 1. The fourth-order valence-electron chi connectivity index (χ4n) is 3.77.